The topological polar surface area (TPSA) is 85.1 Å². The quantitative estimate of drug-likeness (QED) is 0.692. The molecular weight excluding hydrogens is 313 g/mol. The van der Waals surface area contributed by atoms with E-state index in [4.69, 9.17) is 23.2 Å². The van der Waals surface area contributed by atoms with Crippen LogP contribution in [0.3, 0.4) is 0 Å². The molecule has 0 unspecified atom stereocenters. The van der Waals surface area contributed by atoms with Crippen LogP contribution >= 0.6 is 34.5 Å². The highest BCUT2D eigenvalue weighted by atomic mass is 35.5. The minimum atomic E-state index is -0.650. The molecule has 1 N–H and O–H groups in total. The first kappa shape index (κ1) is 13.7. The number of nitrogens with one attached hydrogen (secondary N) is 1. The van der Waals surface area contributed by atoms with Crippen molar-refractivity contribution in [2.24, 2.45) is 0 Å². The van der Waals surface area contributed by atoms with Crippen molar-refractivity contribution in [3.63, 3.8) is 0 Å². The predicted octanol–water partition coefficient (Wildman–Crippen LogP) is 3.61. The molecule has 0 aliphatic carbocycles. The number of thiazole rings is 1. The second-order valence-electron chi connectivity index (χ2n) is 3.34. The van der Waals surface area contributed by atoms with Gasteiger partial charge in [0.05, 0.1) is 20.5 Å². The number of anilines is 1. The van der Waals surface area contributed by atoms with Gasteiger partial charge in [-0.05, 0) is 0 Å². The number of hydrogen-bond donors (Lipinski definition) is 1. The van der Waals surface area contributed by atoms with Crippen molar-refractivity contribution >= 4 is 51.3 Å². The average Bonchev–Trinajstić information content (AvgIpc) is 2.84. The van der Waals surface area contributed by atoms with E-state index in [1.165, 1.54) is 17.5 Å². The fraction of sp³-hybridized carbons (Fsp3) is 0. The molecule has 1 heterocycles. The molecule has 1 amide bonds. The number of halogens is 2. The van der Waals surface area contributed by atoms with E-state index in [9.17, 15) is 14.9 Å². The molecule has 0 atom stereocenters. The van der Waals surface area contributed by atoms with Crippen LogP contribution in [-0.2, 0) is 0 Å². The van der Waals surface area contributed by atoms with Gasteiger partial charge in [0, 0.05) is 23.7 Å². The molecule has 9 heteroatoms. The highest BCUT2D eigenvalue weighted by molar-refractivity contribution is 7.13. The van der Waals surface area contributed by atoms with Gasteiger partial charge in [-0.15, -0.1) is 11.3 Å². The van der Waals surface area contributed by atoms with Crippen LogP contribution < -0.4 is 5.32 Å². The highest BCUT2D eigenvalue weighted by Crippen LogP contribution is 2.31. The summed E-state index contributed by atoms with van der Waals surface area (Å²) in [5.74, 6) is -0.606. The van der Waals surface area contributed by atoms with E-state index < -0.39 is 10.8 Å². The number of aromatic nitrogens is 1. The second-order valence-corrected chi connectivity index (χ2v) is 5.02. The zero-order valence-electron chi connectivity index (χ0n) is 9.09. The van der Waals surface area contributed by atoms with E-state index in [0.29, 0.717) is 5.13 Å². The summed E-state index contributed by atoms with van der Waals surface area (Å²) in [5, 5.41) is 15.1. The number of carbonyl (C=O) groups is 1. The van der Waals surface area contributed by atoms with E-state index in [2.05, 4.69) is 10.3 Å². The summed E-state index contributed by atoms with van der Waals surface area (Å²) in [5.41, 5.74) is -0.380. The molecule has 0 bridgehead atoms. The number of benzene rings is 1. The summed E-state index contributed by atoms with van der Waals surface area (Å²) < 4.78 is 0. The Morgan fingerprint density at radius 3 is 2.74 bits per heavy atom. The van der Waals surface area contributed by atoms with Crippen molar-refractivity contribution in [3.05, 3.63) is 49.4 Å². The molecule has 0 radical (unpaired) electrons. The first-order chi connectivity index (χ1) is 8.99. The molecule has 0 aliphatic heterocycles. The highest BCUT2D eigenvalue weighted by Gasteiger charge is 2.19. The molecule has 98 valence electrons. The van der Waals surface area contributed by atoms with E-state index in [1.54, 1.807) is 5.38 Å². The first-order valence-electron chi connectivity index (χ1n) is 4.83. The van der Waals surface area contributed by atoms with Gasteiger partial charge in [-0.25, -0.2) is 4.98 Å². The maximum atomic E-state index is 11.9. The third-order valence-corrected chi connectivity index (χ3v) is 3.61. The Balaban J connectivity index is 2.38. The Bertz CT molecular complexity index is 646. The molecule has 0 saturated carbocycles. The number of non-ortho nitro benzene ring substituents is 1. The van der Waals surface area contributed by atoms with Crippen molar-refractivity contribution in [2.45, 2.75) is 0 Å². The summed E-state index contributed by atoms with van der Waals surface area (Å²) >= 11 is 12.8. The number of rotatable bonds is 3. The Hall–Kier alpha value is -1.70. The Morgan fingerprint density at radius 1 is 1.42 bits per heavy atom. The fourth-order valence-electron chi connectivity index (χ4n) is 1.30. The SMILES string of the molecule is O=C(Nc1nccs1)c1cc([N+](=O)[O-])cc(Cl)c1Cl. The van der Waals surface area contributed by atoms with Gasteiger partial charge in [0.2, 0.25) is 0 Å². The van der Waals surface area contributed by atoms with Gasteiger partial charge in [-0.3, -0.25) is 20.2 Å². The second kappa shape index (κ2) is 5.52. The van der Waals surface area contributed by atoms with Crippen LogP contribution in [0.2, 0.25) is 10.0 Å². The van der Waals surface area contributed by atoms with Gasteiger partial charge >= 0.3 is 0 Å². The van der Waals surface area contributed by atoms with E-state index in [-0.39, 0.29) is 21.3 Å². The molecule has 0 saturated heterocycles. The third-order valence-electron chi connectivity index (χ3n) is 2.12. The van der Waals surface area contributed by atoms with Gasteiger partial charge < -0.3 is 0 Å². The minimum Gasteiger partial charge on any atom is -0.298 e. The van der Waals surface area contributed by atoms with E-state index in [1.807, 2.05) is 0 Å². The maximum absolute atomic E-state index is 11.9. The zero-order chi connectivity index (χ0) is 14.0. The maximum Gasteiger partial charge on any atom is 0.271 e. The molecule has 2 aromatic rings. The van der Waals surface area contributed by atoms with Crippen molar-refractivity contribution in [2.75, 3.05) is 5.32 Å². The van der Waals surface area contributed by atoms with Gasteiger partial charge in [0.1, 0.15) is 0 Å². The molecule has 19 heavy (non-hydrogen) atoms. The summed E-state index contributed by atoms with van der Waals surface area (Å²) in [7, 11) is 0. The fourth-order valence-corrected chi connectivity index (χ4v) is 2.23. The zero-order valence-corrected chi connectivity index (χ0v) is 11.4. The number of nitrogens with zero attached hydrogens (tertiary/aromatic N) is 2. The molecular formula is C10H5Cl2N3O3S. The standard InChI is InChI=1S/C10H5Cl2N3O3S/c11-7-4-5(15(17)18)3-6(8(7)12)9(16)14-10-13-1-2-19-10/h1-4H,(H,13,14,16). The van der Waals surface area contributed by atoms with Gasteiger partial charge in [-0.1, -0.05) is 23.2 Å². The molecule has 0 aliphatic rings. The number of carbonyl (C=O) groups excluding carboxylic acids is 1. The molecule has 2 rings (SSSR count). The van der Waals surface area contributed by atoms with Crippen molar-refractivity contribution in [3.8, 4) is 0 Å². The minimum absolute atomic E-state index is 0.0404. The number of nitro benzene ring substituents is 1. The van der Waals surface area contributed by atoms with Crippen molar-refractivity contribution < 1.29 is 9.72 Å². The van der Waals surface area contributed by atoms with Crippen LogP contribution in [0, 0.1) is 10.1 Å². The molecule has 1 aromatic carbocycles. The normalized spacial score (nSPS) is 10.2. The summed E-state index contributed by atoms with van der Waals surface area (Å²) in [6.45, 7) is 0. The van der Waals surface area contributed by atoms with Gasteiger partial charge in [-0.2, -0.15) is 0 Å². The molecule has 6 nitrogen and oxygen atoms in total. The van der Waals surface area contributed by atoms with Crippen LogP contribution in [0.1, 0.15) is 10.4 Å². The lowest BCUT2D eigenvalue weighted by Gasteiger charge is -2.05. The van der Waals surface area contributed by atoms with Crippen molar-refractivity contribution in [1.29, 1.82) is 0 Å². The van der Waals surface area contributed by atoms with Crippen LogP contribution in [-0.4, -0.2) is 15.8 Å². The number of nitro groups is 1. The Labute approximate surface area is 121 Å². The van der Waals surface area contributed by atoms with Gasteiger partial charge in [0.25, 0.3) is 11.6 Å². The Kier molecular flexibility index (Phi) is 3.98. The van der Waals surface area contributed by atoms with Gasteiger partial charge in [0.15, 0.2) is 5.13 Å². The third kappa shape index (κ3) is 3.01. The van der Waals surface area contributed by atoms with Crippen LogP contribution in [0.4, 0.5) is 10.8 Å². The lowest BCUT2D eigenvalue weighted by atomic mass is 10.2. The smallest absolute Gasteiger partial charge is 0.271 e. The summed E-state index contributed by atoms with van der Waals surface area (Å²) in [6, 6.07) is 2.15. The lowest BCUT2D eigenvalue weighted by molar-refractivity contribution is -0.384. The van der Waals surface area contributed by atoms with E-state index in [0.717, 1.165) is 12.1 Å². The van der Waals surface area contributed by atoms with Crippen molar-refractivity contribution in [1.82, 2.24) is 4.98 Å². The predicted molar refractivity (Wildman–Crippen MR) is 73.2 cm³/mol. The summed E-state index contributed by atoms with van der Waals surface area (Å²) in [4.78, 5) is 25.9. The first-order valence-corrected chi connectivity index (χ1v) is 6.47. The largest absolute Gasteiger partial charge is 0.298 e. The number of hydrogen-bond acceptors (Lipinski definition) is 5. The monoisotopic (exact) mass is 317 g/mol. The van der Waals surface area contributed by atoms with Crippen LogP contribution in [0.15, 0.2) is 23.7 Å². The molecule has 0 spiro atoms. The van der Waals surface area contributed by atoms with Crippen LogP contribution in [0.25, 0.3) is 0 Å². The summed E-state index contributed by atoms with van der Waals surface area (Å²) in [6.07, 6.45) is 1.52. The molecule has 1 aromatic heterocycles. The lowest BCUT2D eigenvalue weighted by Crippen LogP contribution is -2.12. The average molecular weight is 318 g/mol. The molecule has 0 fully saturated rings. The van der Waals surface area contributed by atoms with Crippen LogP contribution in [0.5, 0.6) is 0 Å². The van der Waals surface area contributed by atoms with E-state index >= 15 is 0 Å². The Morgan fingerprint density at radius 2 is 2.16 bits per heavy atom. The number of amides is 1.